The number of anilines is 1. The van der Waals surface area contributed by atoms with E-state index in [0.29, 0.717) is 0 Å². The third kappa shape index (κ3) is 2.76. The average molecular weight is 223 g/mol. The van der Waals surface area contributed by atoms with Gasteiger partial charge in [-0.05, 0) is 48.2 Å². The second-order valence-electron chi connectivity index (χ2n) is 4.31. The molecule has 1 nitrogen and oxygen atoms in total. The number of hydrogen-bond donors (Lipinski definition) is 1. The van der Waals surface area contributed by atoms with Crippen LogP contribution in [0.5, 0.6) is 0 Å². The van der Waals surface area contributed by atoms with Gasteiger partial charge in [0.25, 0.3) is 0 Å². The highest BCUT2D eigenvalue weighted by atomic mass is 14.5. The molecule has 0 aliphatic heterocycles. The van der Waals surface area contributed by atoms with Crippen molar-refractivity contribution in [2.75, 3.05) is 5.73 Å². The highest BCUT2D eigenvalue weighted by Gasteiger charge is 1.97. The summed E-state index contributed by atoms with van der Waals surface area (Å²) in [7, 11) is 0. The van der Waals surface area contributed by atoms with Crippen LogP contribution in [0.4, 0.5) is 5.69 Å². The Morgan fingerprint density at radius 1 is 0.882 bits per heavy atom. The fourth-order valence-corrected chi connectivity index (χ4v) is 1.93. The molecule has 2 aromatic carbocycles. The molecule has 0 spiro atoms. The summed E-state index contributed by atoms with van der Waals surface area (Å²) < 4.78 is 0. The molecule has 0 atom stereocenters. The van der Waals surface area contributed by atoms with Gasteiger partial charge in [-0.3, -0.25) is 0 Å². The Morgan fingerprint density at radius 3 is 2.18 bits per heavy atom. The standard InChI is InChI=1S/C16H17N/c1-12-5-3-6-13(2)16(12)10-9-14-7-4-8-15(17)11-14/h3-11H,17H2,1-2H3/b10-9-. The van der Waals surface area contributed by atoms with E-state index < -0.39 is 0 Å². The molecule has 0 fully saturated rings. The van der Waals surface area contributed by atoms with Gasteiger partial charge in [-0.2, -0.15) is 0 Å². The predicted octanol–water partition coefficient (Wildman–Crippen LogP) is 4.06. The molecule has 86 valence electrons. The smallest absolute Gasteiger partial charge is 0.0319 e. The van der Waals surface area contributed by atoms with E-state index >= 15 is 0 Å². The second kappa shape index (κ2) is 4.88. The fourth-order valence-electron chi connectivity index (χ4n) is 1.93. The molecule has 0 aromatic heterocycles. The molecule has 2 rings (SSSR count). The minimum absolute atomic E-state index is 0.800. The van der Waals surface area contributed by atoms with Crippen molar-refractivity contribution < 1.29 is 0 Å². The Bertz CT molecular complexity index is 533. The summed E-state index contributed by atoms with van der Waals surface area (Å²) >= 11 is 0. The van der Waals surface area contributed by atoms with Gasteiger partial charge in [0.2, 0.25) is 0 Å². The Labute approximate surface area is 103 Å². The summed E-state index contributed by atoms with van der Waals surface area (Å²) in [5.74, 6) is 0. The molecule has 0 bridgehead atoms. The normalized spacial score (nSPS) is 10.9. The second-order valence-corrected chi connectivity index (χ2v) is 4.31. The van der Waals surface area contributed by atoms with Gasteiger partial charge < -0.3 is 5.73 Å². The van der Waals surface area contributed by atoms with Crippen LogP contribution >= 0.6 is 0 Å². The third-order valence-corrected chi connectivity index (χ3v) is 2.90. The lowest BCUT2D eigenvalue weighted by Gasteiger charge is -2.04. The minimum atomic E-state index is 0.800. The van der Waals surface area contributed by atoms with Crippen molar-refractivity contribution in [1.82, 2.24) is 0 Å². The Kier molecular flexibility index (Phi) is 3.29. The predicted molar refractivity (Wildman–Crippen MR) is 75.7 cm³/mol. The van der Waals surface area contributed by atoms with Gasteiger partial charge in [0, 0.05) is 5.69 Å². The minimum Gasteiger partial charge on any atom is -0.399 e. The molecule has 0 unspecified atom stereocenters. The molecule has 0 aliphatic rings. The van der Waals surface area contributed by atoms with E-state index in [0.717, 1.165) is 11.3 Å². The molecular formula is C16H17N. The molecule has 0 saturated heterocycles. The molecule has 0 radical (unpaired) electrons. The molecule has 0 amide bonds. The zero-order valence-corrected chi connectivity index (χ0v) is 10.3. The van der Waals surface area contributed by atoms with E-state index in [1.54, 1.807) is 0 Å². The molecule has 17 heavy (non-hydrogen) atoms. The van der Waals surface area contributed by atoms with Crippen molar-refractivity contribution in [1.29, 1.82) is 0 Å². The van der Waals surface area contributed by atoms with Gasteiger partial charge in [0.05, 0.1) is 0 Å². The topological polar surface area (TPSA) is 26.0 Å². The van der Waals surface area contributed by atoms with Crippen LogP contribution in [0.15, 0.2) is 42.5 Å². The number of nitrogens with two attached hydrogens (primary N) is 1. The average Bonchev–Trinajstić information content (AvgIpc) is 2.28. The number of benzene rings is 2. The van der Waals surface area contributed by atoms with Gasteiger partial charge in [-0.25, -0.2) is 0 Å². The summed E-state index contributed by atoms with van der Waals surface area (Å²) in [6.45, 7) is 4.26. The van der Waals surface area contributed by atoms with Gasteiger partial charge in [-0.1, -0.05) is 42.5 Å². The molecule has 0 heterocycles. The maximum Gasteiger partial charge on any atom is 0.0319 e. The number of nitrogen functional groups attached to an aromatic ring is 1. The summed E-state index contributed by atoms with van der Waals surface area (Å²) in [6, 6.07) is 14.3. The van der Waals surface area contributed by atoms with Crippen LogP contribution in [0.3, 0.4) is 0 Å². The first-order chi connectivity index (χ1) is 8.16. The maximum atomic E-state index is 5.75. The first-order valence-corrected chi connectivity index (χ1v) is 5.76. The van der Waals surface area contributed by atoms with E-state index in [-0.39, 0.29) is 0 Å². The largest absolute Gasteiger partial charge is 0.399 e. The Hall–Kier alpha value is -2.02. The maximum absolute atomic E-state index is 5.75. The molecule has 2 aromatic rings. The molecule has 0 saturated carbocycles. The lowest BCUT2D eigenvalue weighted by Crippen LogP contribution is -1.86. The van der Waals surface area contributed by atoms with Crippen LogP contribution in [0.2, 0.25) is 0 Å². The molecule has 1 heteroatoms. The fraction of sp³-hybridized carbons (Fsp3) is 0.125. The van der Waals surface area contributed by atoms with Crippen molar-refractivity contribution in [3.8, 4) is 0 Å². The van der Waals surface area contributed by atoms with Crippen LogP contribution in [0, 0.1) is 13.8 Å². The molecule has 0 aliphatic carbocycles. The summed E-state index contributed by atoms with van der Waals surface area (Å²) in [5, 5.41) is 0. The van der Waals surface area contributed by atoms with Crippen LogP contribution in [0.1, 0.15) is 22.3 Å². The number of rotatable bonds is 2. The lowest BCUT2D eigenvalue weighted by molar-refractivity contribution is 1.36. The van der Waals surface area contributed by atoms with Crippen molar-refractivity contribution in [3.05, 3.63) is 64.7 Å². The summed E-state index contributed by atoms with van der Waals surface area (Å²) in [5.41, 5.74) is 11.6. The van der Waals surface area contributed by atoms with Crippen molar-refractivity contribution >= 4 is 17.8 Å². The van der Waals surface area contributed by atoms with Crippen molar-refractivity contribution in [3.63, 3.8) is 0 Å². The highest BCUT2D eigenvalue weighted by molar-refractivity contribution is 5.73. The van der Waals surface area contributed by atoms with E-state index in [1.165, 1.54) is 16.7 Å². The number of hydrogen-bond acceptors (Lipinski definition) is 1. The lowest BCUT2D eigenvalue weighted by atomic mass is 10.0. The van der Waals surface area contributed by atoms with Crippen LogP contribution < -0.4 is 5.73 Å². The number of aryl methyl sites for hydroxylation is 2. The van der Waals surface area contributed by atoms with E-state index in [4.69, 9.17) is 5.73 Å². The van der Waals surface area contributed by atoms with Gasteiger partial charge in [0.1, 0.15) is 0 Å². The summed E-state index contributed by atoms with van der Waals surface area (Å²) in [4.78, 5) is 0. The third-order valence-electron chi connectivity index (χ3n) is 2.90. The van der Waals surface area contributed by atoms with Crippen molar-refractivity contribution in [2.45, 2.75) is 13.8 Å². The van der Waals surface area contributed by atoms with Crippen LogP contribution in [-0.4, -0.2) is 0 Å². The van der Waals surface area contributed by atoms with Gasteiger partial charge in [0.15, 0.2) is 0 Å². The first-order valence-electron chi connectivity index (χ1n) is 5.76. The Balaban J connectivity index is 2.32. The van der Waals surface area contributed by atoms with Crippen LogP contribution in [-0.2, 0) is 0 Å². The van der Waals surface area contributed by atoms with E-state index in [2.05, 4.69) is 50.3 Å². The molecule has 2 N–H and O–H groups in total. The Morgan fingerprint density at radius 2 is 1.53 bits per heavy atom. The van der Waals surface area contributed by atoms with E-state index in [1.807, 2.05) is 18.2 Å². The zero-order valence-electron chi connectivity index (χ0n) is 10.3. The van der Waals surface area contributed by atoms with E-state index in [9.17, 15) is 0 Å². The van der Waals surface area contributed by atoms with Crippen molar-refractivity contribution in [2.24, 2.45) is 0 Å². The highest BCUT2D eigenvalue weighted by Crippen LogP contribution is 2.17. The quantitative estimate of drug-likeness (QED) is 0.603. The first kappa shape index (κ1) is 11.5. The van der Waals surface area contributed by atoms with Gasteiger partial charge >= 0.3 is 0 Å². The van der Waals surface area contributed by atoms with Gasteiger partial charge in [-0.15, -0.1) is 0 Å². The summed E-state index contributed by atoms with van der Waals surface area (Å²) in [6.07, 6.45) is 4.26. The molecular weight excluding hydrogens is 206 g/mol. The van der Waals surface area contributed by atoms with Crippen LogP contribution in [0.25, 0.3) is 12.2 Å². The SMILES string of the molecule is Cc1cccc(C)c1/C=C\c1cccc(N)c1. The monoisotopic (exact) mass is 223 g/mol. The zero-order chi connectivity index (χ0) is 12.3.